The lowest BCUT2D eigenvalue weighted by Crippen LogP contribution is -2.35. The summed E-state index contributed by atoms with van der Waals surface area (Å²) in [5.41, 5.74) is 3.58. The minimum absolute atomic E-state index is 0.0661. The number of amides is 1. The molecular weight excluding hydrogens is 326 g/mol. The number of carbonyl (C=O) groups excluding carboxylic acids is 1. The van der Waals surface area contributed by atoms with E-state index >= 15 is 0 Å². The van der Waals surface area contributed by atoms with Crippen LogP contribution in [0.4, 0.5) is 5.69 Å². The van der Waals surface area contributed by atoms with Crippen LogP contribution in [-0.4, -0.2) is 21.9 Å². The number of carbonyl (C=O) groups is 1. The van der Waals surface area contributed by atoms with Crippen molar-refractivity contribution in [2.24, 2.45) is 0 Å². The van der Waals surface area contributed by atoms with Crippen LogP contribution in [0, 0.1) is 6.92 Å². The second-order valence-corrected chi connectivity index (χ2v) is 7.15. The molecule has 1 aliphatic heterocycles. The minimum atomic E-state index is -0.323. The van der Waals surface area contributed by atoms with Gasteiger partial charge in [-0.25, -0.2) is 4.98 Å². The Bertz CT molecular complexity index is 1070. The van der Waals surface area contributed by atoms with Crippen LogP contribution in [0.3, 0.4) is 0 Å². The molecule has 132 valence electrons. The Morgan fingerprint density at radius 1 is 1.15 bits per heavy atom. The summed E-state index contributed by atoms with van der Waals surface area (Å²) in [5.74, 6) is 0.290. The van der Waals surface area contributed by atoms with E-state index in [0.717, 1.165) is 16.8 Å². The number of H-pyrrole nitrogens is 1. The van der Waals surface area contributed by atoms with E-state index in [4.69, 9.17) is 0 Å². The van der Waals surface area contributed by atoms with Gasteiger partial charge in [-0.3, -0.25) is 9.59 Å². The summed E-state index contributed by atoms with van der Waals surface area (Å²) >= 11 is 0. The number of aromatic nitrogens is 2. The summed E-state index contributed by atoms with van der Waals surface area (Å²) in [6.07, 6.45) is 0.387. The predicted molar refractivity (Wildman–Crippen MR) is 103 cm³/mol. The molecule has 1 aliphatic rings. The van der Waals surface area contributed by atoms with Crippen molar-refractivity contribution in [1.82, 2.24) is 9.97 Å². The first-order valence-electron chi connectivity index (χ1n) is 8.87. The fraction of sp³-hybridized carbons (Fsp3) is 0.286. The van der Waals surface area contributed by atoms with Gasteiger partial charge in [0.05, 0.1) is 16.8 Å². The minimum Gasteiger partial charge on any atom is -0.310 e. The summed E-state index contributed by atoms with van der Waals surface area (Å²) in [7, 11) is 0. The maximum absolute atomic E-state index is 13.1. The molecule has 5 heteroatoms. The number of hydrogen-bond donors (Lipinski definition) is 1. The van der Waals surface area contributed by atoms with Crippen LogP contribution >= 0.6 is 0 Å². The Morgan fingerprint density at radius 3 is 2.69 bits per heavy atom. The van der Waals surface area contributed by atoms with Gasteiger partial charge in [0.1, 0.15) is 5.82 Å². The average Bonchev–Trinajstić information content (AvgIpc) is 2.87. The number of para-hydroxylation sites is 1. The first-order chi connectivity index (χ1) is 12.5. The highest BCUT2D eigenvalue weighted by Gasteiger charge is 2.38. The number of rotatable bonds is 3. The Balaban J connectivity index is 1.78. The van der Waals surface area contributed by atoms with Crippen molar-refractivity contribution in [1.29, 1.82) is 0 Å². The van der Waals surface area contributed by atoms with Gasteiger partial charge in [-0.05, 0) is 44.5 Å². The third-order valence-electron chi connectivity index (χ3n) is 4.93. The van der Waals surface area contributed by atoms with Crippen molar-refractivity contribution in [3.05, 3.63) is 69.8 Å². The monoisotopic (exact) mass is 347 g/mol. The zero-order valence-electron chi connectivity index (χ0n) is 15.1. The van der Waals surface area contributed by atoms with Crippen LogP contribution in [0.25, 0.3) is 10.9 Å². The topological polar surface area (TPSA) is 66.1 Å². The lowest BCUT2D eigenvalue weighted by molar-refractivity contribution is -0.119. The maximum atomic E-state index is 13.1. The van der Waals surface area contributed by atoms with Gasteiger partial charge in [-0.1, -0.05) is 29.8 Å². The quantitative estimate of drug-likeness (QED) is 0.790. The summed E-state index contributed by atoms with van der Waals surface area (Å²) in [5, 5.41) is 0.564. The molecule has 1 amide bonds. The molecule has 5 nitrogen and oxygen atoms in total. The van der Waals surface area contributed by atoms with Gasteiger partial charge in [0.25, 0.3) is 5.56 Å². The molecule has 0 aliphatic carbocycles. The highest BCUT2D eigenvalue weighted by atomic mass is 16.2. The predicted octanol–water partition coefficient (Wildman–Crippen LogP) is 3.31. The number of nitrogens with one attached hydrogen (secondary N) is 1. The van der Waals surface area contributed by atoms with E-state index in [9.17, 15) is 9.59 Å². The molecule has 0 radical (unpaired) electrons. The van der Waals surface area contributed by atoms with E-state index in [-0.39, 0.29) is 23.4 Å². The van der Waals surface area contributed by atoms with Crippen molar-refractivity contribution in [3.63, 3.8) is 0 Å². The van der Waals surface area contributed by atoms with Crippen LogP contribution in [0.5, 0.6) is 0 Å². The molecule has 2 heterocycles. The molecule has 0 saturated carbocycles. The lowest BCUT2D eigenvalue weighted by atomic mass is 9.95. The van der Waals surface area contributed by atoms with Crippen LogP contribution in [-0.2, 0) is 11.2 Å². The number of fused-ring (bicyclic) bond motifs is 2. The lowest BCUT2D eigenvalue weighted by Gasteiger charge is -2.22. The normalized spacial score (nSPS) is 16.5. The van der Waals surface area contributed by atoms with Crippen LogP contribution in [0.1, 0.15) is 36.7 Å². The van der Waals surface area contributed by atoms with E-state index in [1.165, 1.54) is 0 Å². The largest absolute Gasteiger partial charge is 0.310 e. The Morgan fingerprint density at radius 2 is 1.92 bits per heavy atom. The van der Waals surface area contributed by atoms with Gasteiger partial charge in [-0.15, -0.1) is 0 Å². The van der Waals surface area contributed by atoms with Gasteiger partial charge in [-0.2, -0.15) is 0 Å². The van der Waals surface area contributed by atoms with Gasteiger partial charge >= 0.3 is 0 Å². The van der Waals surface area contributed by atoms with Crippen molar-refractivity contribution in [2.75, 3.05) is 4.90 Å². The van der Waals surface area contributed by atoms with E-state index in [1.807, 2.05) is 56.0 Å². The molecule has 1 atom stereocenters. The second kappa shape index (κ2) is 6.09. The van der Waals surface area contributed by atoms with Gasteiger partial charge in [0, 0.05) is 18.2 Å². The molecule has 0 unspecified atom stereocenters. The van der Waals surface area contributed by atoms with E-state index < -0.39 is 0 Å². The molecule has 3 aromatic rings. The maximum Gasteiger partial charge on any atom is 0.258 e. The third-order valence-corrected chi connectivity index (χ3v) is 4.93. The van der Waals surface area contributed by atoms with E-state index in [1.54, 1.807) is 6.07 Å². The van der Waals surface area contributed by atoms with Gasteiger partial charge in [0.2, 0.25) is 5.91 Å². The Kier molecular flexibility index (Phi) is 3.87. The number of anilines is 1. The molecule has 0 saturated heterocycles. The van der Waals surface area contributed by atoms with Crippen LogP contribution in [0.15, 0.2) is 47.3 Å². The Labute approximate surface area is 151 Å². The number of benzene rings is 2. The molecule has 4 rings (SSSR count). The highest BCUT2D eigenvalue weighted by molar-refractivity contribution is 6.05. The number of aromatic amines is 1. The van der Waals surface area contributed by atoms with Gasteiger partial charge < -0.3 is 9.88 Å². The average molecular weight is 347 g/mol. The zero-order chi connectivity index (χ0) is 18.4. The zero-order valence-corrected chi connectivity index (χ0v) is 15.1. The number of hydrogen-bond acceptors (Lipinski definition) is 3. The summed E-state index contributed by atoms with van der Waals surface area (Å²) in [6.45, 7) is 6.05. The highest BCUT2D eigenvalue weighted by Crippen LogP contribution is 2.40. The molecule has 1 N–H and O–H groups in total. The summed E-state index contributed by atoms with van der Waals surface area (Å²) in [4.78, 5) is 34.7. The first-order valence-corrected chi connectivity index (χ1v) is 8.87. The third kappa shape index (κ3) is 2.60. The standard InChI is InChI=1S/C21H21N3O2/c1-12(2)24-18-9-8-13(3)10-15(18)16(21(24)26)11-19-22-17-7-5-4-6-14(17)20(25)23-19/h4-10,12,16H,11H2,1-3H3,(H,22,23,25)/t16-/m0/s1. The molecule has 2 aromatic carbocycles. The van der Waals surface area contributed by atoms with Gasteiger partial charge in [0.15, 0.2) is 0 Å². The summed E-state index contributed by atoms with van der Waals surface area (Å²) in [6, 6.07) is 13.4. The van der Waals surface area contributed by atoms with Crippen LogP contribution < -0.4 is 10.5 Å². The SMILES string of the molecule is Cc1ccc2c(c1)[C@H](Cc1nc3ccccc3c(=O)[nH]1)C(=O)N2C(C)C. The van der Waals surface area contributed by atoms with Crippen molar-refractivity contribution in [2.45, 2.75) is 39.2 Å². The molecular formula is C21H21N3O2. The fourth-order valence-corrected chi connectivity index (χ4v) is 3.75. The smallest absolute Gasteiger partial charge is 0.258 e. The molecule has 26 heavy (non-hydrogen) atoms. The van der Waals surface area contributed by atoms with E-state index in [0.29, 0.717) is 23.1 Å². The van der Waals surface area contributed by atoms with Crippen molar-refractivity contribution >= 4 is 22.5 Å². The molecule has 1 aromatic heterocycles. The van der Waals surface area contributed by atoms with E-state index in [2.05, 4.69) is 16.0 Å². The molecule has 0 spiro atoms. The first kappa shape index (κ1) is 16.5. The van der Waals surface area contributed by atoms with Crippen molar-refractivity contribution in [3.8, 4) is 0 Å². The fourth-order valence-electron chi connectivity index (χ4n) is 3.75. The summed E-state index contributed by atoms with van der Waals surface area (Å²) < 4.78 is 0. The second-order valence-electron chi connectivity index (χ2n) is 7.15. The Hall–Kier alpha value is -2.95. The molecule has 0 bridgehead atoms. The molecule has 0 fully saturated rings. The van der Waals surface area contributed by atoms with Crippen LogP contribution in [0.2, 0.25) is 0 Å². The van der Waals surface area contributed by atoms with Crippen molar-refractivity contribution < 1.29 is 4.79 Å². The number of aryl methyl sites for hydroxylation is 1. The number of nitrogens with zero attached hydrogens (tertiary/aromatic N) is 2.